The highest BCUT2D eigenvalue weighted by atomic mass is 19.2. The monoisotopic (exact) mass is 301 g/mol. The van der Waals surface area contributed by atoms with Gasteiger partial charge in [-0.05, 0) is 57.7 Å². The summed E-state index contributed by atoms with van der Waals surface area (Å²) in [6.07, 6.45) is 1.96. The molecule has 2 N–H and O–H groups in total. The van der Waals surface area contributed by atoms with E-state index in [2.05, 4.69) is 16.8 Å². The molecule has 0 bridgehead atoms. The van der Waals surface area contributed by atoms with Gasteiger partial charge < -0.3 is 10.6 Å². The van der Waals surface area contributed by atoms with Gasteiger partial charge in [-0.1, -0.05) is 0 Å². The molecule has 1 aromatic carbocycles. The minimum Gasteiger partial charge on any atom is -0.329 e. The van der Waals surface area contributed by atoms with Crippen LogP contribution in [0.4, 0.5) is 13.2 Å². The lowest BCUT2D eigenvalue weighted by molar-refractivity contribution is 0.109. The van der Waals surface area contributed by atoms with Crippen molar-refractivity contribution >= 4 is 0 Å². The van der Waals surface area contributed by atoms with Crippen LogP contribution >= 0.6 is 0 Å². The van der Waals surface area contributed by atoms with Crippen molar-refractivity contribution in [1.82, 2.24) is 9.80 Å². The summed E-state index contributed by atoms with van der Waals surface area (Å²) < 4.78 is 39.9. The number of likely N-dealkylation sites (N-methyl/N-ethyl adjacent to an activating group) is 1. The van der Waals surface area contributed by atoms with Gasteiger partial charge in [-0.25, -0.2) is 13.2 Å². The van der Waals surface area contributed by atoms with Gasteiger partial charge in [0.1, 0.15) is 0 Å². The van der Waals surface area contributed by atoms with Crippen LogP contribution in [0.2, 0.25) is 0 Å². The Morgan fingerprint density at radius 2 is 1.76 bits per heavy atom. The minimum absolute atomic E-state index is 0.230. The second kappa shape index (κ2) is 6.77. The van der Waals surface area contributed by atoms with Crippen molar-refractivity contribution in [3.8, 4) is 0 Å². The summed E-state index contributed by atoms with van der Waals surface area (Å²) >= 11 is 0. The van der Waals surface area contributed by atoms with E-state index in [0.29, 0.717) is 11.6 Å². The number of hydrogen-bond acceptors (Lipinski definition) is 3. The molecule has 1 aliphatic rings. The molecule has 1 atom stereocenters. The number of nitrogens with two attached hydrogens (primary N) is 1. The summed E-state index contributed by atoms with van der Waals surface area (Å²) in [5.41, 5.74) is 6.17. The number of likely N-dealkylation sites (tertiary alicyclic amines) is 1. The van der Waals surface area contributed by atoms with Crippen molar-refractivity contribution < 1.29 is 13.2 Å². The quantitative estimate of drug-likeness (QED) is 0.865. The van der Waals surface area contributed by atoms with E-state index in [1.165, 1.54) is 0 Å². The molecular weight excluding hydrogens is 279 g/mol. The molecule has 0 aliphatic carbocycles. The predicted octanol–water partition coefficient (Wildman–Crippen LogP) is 2.13. The number of hydrogen-bond donors (Lipinski definition) is 1. The van der Waals surface area contributed by atoms with Crippen LogP contribution in [0.3, 0.4) is 0 Å². The Balaban J connectivity index is 2.19. The maximum atomic E-state index is 13.4. The zero-order valence-electron chi connectivity index (χ0n) is 12.5. The van der Waals surface area contributed by atoms with E-state index in [0.717, 1.165) is 38.1 Å². The summed E-state index contributed by atoms with van der Waals surface area (Å²) in [5, 5.41) is 0. The molecule has 0 amide bonds. The molecule has 21 heavy (non-hydrogen) atoms. The van der Waals surface area contributed by atoms with E-state index >= 15 is 0 Å². The van der Waals surface area contributed by atoms with E-state index in [4.69, 9.17) is 5.73 Å². The van der Waals surface area contributed by atoms with E-state index in [1.807, 2.05) is 7.05 Å². The van der Waals surface area contributed by atoms with E-state index < -0.39 is 17.5 Å². The molecule has 0 saturated carbocycles. The highest BCUT2D eigenvalue weighted by Crippen LogP contribution is 2.27. The van der Waals surface area contributed by atoms with Crippen LogP contribution in [0.25, 0.3) is 0 Å². The van der Waals surface area contributed by atoms with Gasteiger partial charge in [-0.2, -0.15) is 0 Å². The smallest absolute Gasteiger partial charge is 0.194 e. The number of rotatable bonds is 4. The van der Waals surface area contributed by atoms with Gasteiger partial charge in [0.2, 0.25) is 0 Å². The van der Waals surface area contributed by atoms with Gasteiger partial charge in [0.25, 0.3) is 0 Å². The highest BCUT2D eigenvalue weighted by Gasteiger charge is 2.27. The first-order valence-electron chi connectivity index (χ1n) is 7.19. The van der Waals surface area contributed by atoms with Crippen LogP contribution < -0.4 is 5.73 Å². The largest absolute Gasteiger partial charge is 0.329 e. The lowest BCUT2D eigenvalue weighted by atomic mass is 9.98. The molecule has 3 nitrogen and oxygen atoms in total. The van der Waals surface area contributed by atoms with E-state index in [-0.39, 0.29) is 12.6 Å². The number of halogens is 3. The molecule has 1 aromatic rings. The first-order chi connectivity index (χ1) is 9.93. The Kier molecular flexibility index (Phi) is 5.24. The first-order valence-corrected chi connectivity index (χ1v) is 7.19. The normalized spacial score (nSPS) is 19.2. The van der Waals surface area contributed by atoms with Crippen molar-refractivity contribution in [1.29, 1.82) is 0 Å². The number of nitrogens with zero attached hydrogens (tertiary/aromatic N) is 2. The maximum absolute atomic E-state index is 13.4. The molecule has 0 aromatic heterocycles. The highest BCUT2D eigenvalue weighted by molar-refractivity contribution is 5.23. The van der Waals surface area contributed by atoms with Gasteiger partial charge in [0.15, 0.2) is 17.5 Å². The fourth-order valence-electron chi connectivity index (χ4n) is 2.96. The van der Waals surface area contributed by atoms with Crippen molar-refractivity contribution in [2.45, 2.75) is 24.9 Å². The van der Waals surface area contributed by atoms with Crippen molar-refractivity contribution in [3.05, 3.63) is 35.1 Å². The Morgan fingerprint density at radius 1 is 1.24 bits per heavy atom. The third-order valence-corrected chi connectivity index (χ3v) is 4.37. The fourth-order valence-corrected chi connectivity index (χ4v) is 2.96. The fraction of sp³-hybridized carbons (Fsp3) is 0.600. The summed E-state index contributed by atoms with van der Waals surface area (Å²) in [7, 11) is 3.98. The number of piperidine rings is 1. The van der Waals surface area contributed by atoms with Crippen molar-refractivity contribution in [2.24, 2.45) is 5.73 Å². The second-order valence-electron chi connectivity index (χ2n) is 5.75. The summed E-state index contributed by atoms with van der Waals surface area (Å²) in [4.78, 5) is 4.30. The van der Waals surface area contributed by atoms with Crippen LogP contribution in [0.15, 0.2) is 12.1 Å². The average Bonchev–Trinajstić information content (AvgIpc) is 2.46. The van der Waals surface area contributed by atoms with Crippen LogP contribution in [-0.2, 0) is 0 Å². The zero-order chi connectivity index (χ0) is 15.6. The average molecular weight is 301 g/mol. The van der Waals surface area contributed by atoms with Crippen LogP contribution in [-0.4, -0.2) is 49.6 Å². The second-order valence-corrected chi connectivity index (χ2v) is 5.75. The molecule has 2 rings (SSSR count). The third kappa shape index (κ3) is 3.56. The van der Waals surface area contributed by atoms with Crippen LogP contribution in [0.1, 0.15) is 24.4 Å². The molecule has 0 spiro atoms. The van der Waals surface area contributed by atoms with Crippen molar-refractivity contribution in [3.63, 3.8) is 0 Å². The summed E-state index contributed by atoms with van der Waals surface area (Å²) in [6.45, 7) is 2.20. The van der Waals surface area contributed by atoms with E-state index in [1.54, 1.807) is 0 Å². The predicted molar refractivity (Wildman–Crippen MR) is 76.4 cm³/mol. The molecule has 0 radical (unpaired) electrons. The van der Waals surface area contributed by atoms with Crippen LogP contribution in [0, 0.1) is 17.5 Å². The van der Waals surface area contributed by atoms with Gasteiger partial charge in [0, 0.05) is 18.6 Å². The molecule has 118 valence electrons. The Labute approximate surface area is 123 Å². The van der Waals surface area contributed by atoms with Crippen molar-refractivity contribution in [2.75, 3.05) is 33.7 Å². The summed E-state index contributed by atoms with van der Waals surface area (Å²) in [5.74, 6) is -3.77. The molecule has 1 fully saturated rings. The SMILES string of the molecule is CN1CCC(N(C)C(CN)c2cc(F)c(F)c(F)c2)CC1. The number of benzene rings is 1. The lowest BCUT2D eigenvalue weighted by Gasteiger charge is -2.39. The third-order valence-electron chi connectivity index (χ3n) is 4.37. The first kappa shape index (κ1) is 16.3. The van der Waals surface area contributed by atoms with E-state index in [9.17, 15) is 13.2 Å². The molecule has 1 unspecified atom stereocenters. The molecule has 6 heteroatoms. The van der Waals surface area contributed by atoms with Crippen LogP contribution in [0.5, 0.6) is 0 Å². The Morgan fingerprint density at radius 3 is 2.24 bits per heavy atom. The maximum Gasteiger partial charge on any atom is 0.194 e. The Bertz CT molecular complexity index is 464. The Hall–Kier alpha value is -1.11. The molecule has 1 saturated heterocycles. The lowest BCUT2D eigenvalue weighted by Crippen LogP contribution is -2.45. The molecule has 1 aliphatic heterocycles. The topological polar surface area (TPSA) is 32.5 Å². The van der Waals surface area contributed by atoms with Gasteiger partial charge in [-0.3, -0.25) is 4.90 Å². The molecular formula is C15H22F3N3. The zero-order valence-corrected chi connectivity index (χ0v) is 12.5. The standard InChI is InChI=1S/C15H22F3N3/c1-20-5-3-11(4-6-20)21(2)14(9-19)10-7-12(16)15(18)13(17)8-10/h7-8,11,14H,3-6,9,19H2,1-2H3. The van der Waals surface area contributed by atoms with Gasteiger partial charge in [0.05, 0.1) is 0 Å². The molecule has 1 heterocycles. The summed E-state index contributed by atoms with van der Waals surface area (Å²) in [6, 6.07) is 2.08. The van der Waals surface area contributed by atoms with Gasteiger partial charge in [-0.15, -0.1) is 0 Å². The van der Waals surface area contributed by atoms with Gasteiger partial charge >= 0.3 is 0 Å². The minimum atomic E-state index is -1.43.